The Morgan fingerprint density at radius 1 is 1.55 bits per heavy atom. The zero-order chi connectivity index (χ0) is 16.3. The maximum absolute atomic E-state index is 11.3. The summed E-state index contributed by atoms with van der Waals surface area (Å²) in [7, 11) is 0. The van der Waals surface area contributed by atoms with Gasteiger partial charge in [-0.15, -0.1) is 0 Å². The highest BCUT2D eigenvalue weighted by Crippen LogP contribution is 2.37. The third kappa shape index (κ3) is 2.81. The van der Waals surface area contributed by atoms with Crippen molar-refractivity contribution in [2.45, 2.75) is 32.2 Å². The van der Waals surface area contributed by atoms with Gasteiger partial charge in [0.05, 0.1) is 16.6 Å². The van der Waals surface area contributed by atoms with Gasteiger partial charge < -0.3 is 4.57 Å². The molecule has 22 heavy (non-hydrogen) atoms. The van der Waals surface area contributed by atoms with Crippen LogP contribution in [0.4, 0.5) is 5.69 Å². The molecule has 7 heteroatoms. The molecule has 0 fully saturated rings. The van der Waals surface area contributed by atoms with Gasteiger partial charge in [0.1, 0.15) is 11.2 Å². The fourth-order valence-electron chi connectivity index (χ4n) is 2.48. The number of rotatable bonds is 5. The van der Waals surface area contributed by atoms with Crippen LogP contribution < -0.4 is 0 Å². The summed E-state index contributed by atoms with van der Waals surface area (Å²) in [5.74, 6) is 0.754. The van der Waals surface area contributed by atoms with Gasteiger partial charge in [-0.3, -0.25) is 10.1 Å². The minimum Gasteiger partial charge on any atom is -0.333 e. The maximum Gasteiger partial charge on any atom is 0.275 e. The van der Waals surface area contributed by atoms with Crippen molar-refractivity contribution in [3.8, 4) is 6.07 Å². The second kappa shape index (κ2) is 6.16. The summed E-state index contributed by atoms with van der Waals surface area (Å²) < 4.78 is 1.82. The van der Waals surface area contributed by atoms with Crippen LogP contribution in [0.2, 0.25) is 5.02 Å². The Balaban J connectivity index is 2.60. The van der Waals surface area contributed by atoms with E-state index in [9.17, 15) is 15.4 Å². The monoisotopic (exact) mass is 318 g/mol. The van der Waals surface area contributed by atoms with Crippen LogP contribution in [0.15, 0.2) is 30.6 Å². The summed E-state index contributed by atoms with van der Waals surface area (Å²) >= 11 is 5.86. The molecule has 2 aromatic rings. The molecule has 114 valence electrons. The molecule has 0 aliphatic rings. The fraction of sp³-hybridized carbons (Fsp3) is 0.333. The highest BCUT2D eigenvalue weighted by Gasteiger charge is 2.37. The van der Waals surface area contributed by atoms with Crippen LogP contribution in [0.3, 0.4) is 0 Å². The predicted octanol–water partition coefficient (Wildman–Crippen LogP) is 3.62. The molecule has 1 aromatic heterocycles. The van der Waals surface area contributed by atoms with E-state index in [4.69, 9.17) is 11.6 Å². The van der Waals surface area contributed by atoms with Crippen LogP contribution in [-0.4, -0.2) is 14.5 Å². The van der Waals surface area contributed by atoms with Gasteiger partial charge in [0.25, 0.3) is 5.69 Å². The number of nitro groups is 1. The van der Waals surface area contributed by atoms with Crippen LogP contribution in [0, 0.1) is 28.4 Å². The molecule has 1 aromatic carbocycles. The summed E-state index contributed by atoms with van der Waals surface area (Å²) in [4.78, 5) is 15.0. The predicted molar refractivity (Wildman–Crippen MR) is 82.7 cm³/mol. The molecule has 1 heterocycles. The van der Waals surface area contributed by atoms with Gasteiger partial charge in [-0.05, 0) is 25.5 Å². The standard InChI is InChI=1S/C15H15ClN4O2/c1-3-15(9-17,10-19-7-6-18-11(19)2)13-5-4-12(16)8-14(13)20(21)22/h4-8H,3,10H2,1-2H3. The van der Waals surface area contributed by atoms with Gasteiger partial charge in [0.2, 0.25) is 0 Å². The number of nitriles is 1. The molecular weight excluding hydrogens is 304 g/mol. The lowest BCUT2D eigenvalue weighted by atomic mass is 9.78. The number of hydrogen-bond donors (Lipinski definition) is 0. The van der Waals surface area contributed by atoms with Crippen molar-refractivity contribution in [3.05, 3.63) is 57.1 Å². The first-order chi connectivity index (χ1) is 10.4. The number of nitro benzene ring substituents is 1. The van der Waals surface area contributed by atoms with Gasteiger partial charge in [0, 0.05) is 30.0 Å². The Labute approximate surface area is 133 Å². The number of nitrogens with zero attached hydrogens (tertiary/aromatic N) is 4. The second-order valence-electron chi connectivity index (χ2n) is 5.07. The quantitative estimate of drug-likeness (QED) is 0.622. The zero-order valence-electron chi connectivity index (χ0n) is 12.3. The van der Waals surface area contributed by atoms with Gasteiger partial charge in [-0.1, -0.05) is 18.5 Å². The van der Waals surface area contributed by atoms with Crippen LogP contribution in [0.5, 0.6) is 0 Å². The number of hydrogen-bond acceptors (Lipinski definition) is 4. The van der Waals surface area contributed by atoms with E-state index in [1.807, 2.05) is 18.4 Å². The smallest absolute Gasteiger partial charge is 0.275 e. The Hall–Kier alpha value is -2.39. The van der Waals surface area contributed by atoms with Crippen molar-refractivity contribution < 1.29 is 4.92 Å². The average molecular weight is 319 g/mol. The number of aromatic nitrogens is 2. The minimum absolute atomic E-state index is 0.131. The molecule has 0 aliphatic heterocycles. The van der Waals surface area contributed by atoms with E-state index in [1.165, 1.54) is 6.07 Å². The average Bonchev–Trinajstić information content (AvgIpc) is 2.90. The molecule has 0 spiro atoms. The van der Waals surface area contributed by atoms with E-state index in [2.05, 4.69) is 11.1 Å². The molecule has 0 bridgehead atoms. The lowest BCUT2D eigenvalue weighted by Gasteiger charge is -2.26. The van der Waals surface area contributed by atoms with Crippen molar-refractivity contribution in [1.29, 1.82) is 5.26 Å². The molecule has 0 saturated carbocycles. The van der Waals surface area contributed by atoms with Crippen molar-refractivity contribution >= 4 is 17.3 Å². The lowest BCUT2D eigenvalue weighted by molar-refractivity contribution is -0.386. The van der Waals surface area contributed by atoms with Gasteiger partial charge >= 0.3 is 0 Å². The Kier molecular flexibility index (Phi) is 4.48. The fourth-order valence-corrected chi connectivity index (χ4v) is 2.65. The van der Waals surface area contributed by atoms with E-state index in [0.29, 0.717) is 18.5 Å². The summed E-state index contributed by atoms with van der Waals surface area (Å²) in [6.45, 7) is 3.97. The molecule has 0 amide bonds. The SMILES string of the molecule is CCC(C#N)(Cn1ccnc1C)c1ccc(Cl)cc1[N+](=O)[O-]. The minimum atomic E-state index is -1.02. The highest BCUT2D eigenvalue weighted by molar-refractivity contribution is 6.30. The number of benzene rings is 1. The van der Waals surface area contributed by atoms with Gasteiger partial charge in [-0.25, -0.2) is 4.98 Å². The molecule has 6 nitrogen and oxygen atoms in total. The molecule has 0 radical (unpaired) electrons. The zero-order valence-corrected chi connectivity index (χ0v) is 13.0. The van der Waals surface area contributed by atoms with E-state index in [0.717, 1.165) is 5.82 Å². The van der Waals surface area contributed by atoms with E-state index < -0.39 is 10.3 Å². The highest BCUT2D eigenvalue weighted by atomic mass is 35.5. The second-order valence-corrected chi connectivity index (χ2v) is 5.50. The number of imidazole rings is 1. The number of halogens is 1. The van der Waals surface area contributed by atoms with Crippen LogP contribution in [0.25, 0.3) is 0 Å². The normalized spacial score (nSPS) is 13.4. The van der Waals surface area contributed by atoms with Crippen LogP contribution in [-0.2, 0) is 12.0 Å². The first-order valence-electron chi connectivity index (χ1n) is 6.77. The van der Waals surface area contributed by atoms with E-state index in [-0.39, 0.29) is 10.7 Å². The van der Waals surface area contributed by atoms with Gasteiger partial charge in [0.15, 0.2) is 0 Å². The Morgan fingerprint density at radius 3 is 2.77 bits per heavy atom. The molecule has 0 N–H and O–H groups in total. The molecule has 0 aliphatic carbocycles. The van der Waals surface area contributed by atoms with Crippen molar-refractivity contribution in [1.82, 2.24) is 9.55 Å². The maximum atomic E-state index is 11.3. The van der Waals surface area contributed by atoms with E-state index in [1.54, 1.807) is 24.5 Å². The number of aryl methyl sites for hydroxylation is 1. The van der Waals surface area contributed by atoms with E-state index >= 15 is 0 Å². The third-order valence-electron chi connectivity index (χ3n) is 3.85. The molecular formula is C15H15ClN4O2. The summed E-state index contributed by atoms with van der Waals surface area (Å²) in [5.41, 5.74) is -0.771. The lowest BCUT2D eigenvalue weighted by Crippen LogP contribution is -2.30. The van der Waals surface area contributed by atoms with Gasteiger partial charge in [-0.2, -0.15) is 5.26 Å². The molecule has 1 atom stereocenters. The largest absolute Gasteiger partial charge is 0.333 e. The van der Waals surface area contributed by atoms with Crippen molar-refractivity contribution in [2.24, 2.45) is 0 Å². The topological polar surface area (TPSA) is 84.8 Å². The Bertz CT molecular complexity index is 750. The van der Waals surface area contributed by atoms with Crippen LogP contribution >= 0.6 is 11.6 Å². The third-order valence-corrected chi connectivity index (χ3v) is 4.09. The Morgan fingerprint density at radius 2 is 2.27 bits per heavy atom. The first kappa shape index (κ1) is 16.0. The van der Waals surface area contributed by atoms with Crippen molar-refractivity contribution in [3.63, 3.8) is 0 Å². The summed E-state index contributed by atoms with van der Waals surface area (Å²) in [6.07, 6.45) is 3.84. The summed E-state index contributed by atoms with van der Waals surface area (Å²) in [5, 5.41) is 21.4. The van der Waals surface area contributed by atoms with Crippen LogP contribution in [0.1, 0.15) is 24.7 Å². The summed E-state index contributed by atoms with van der Waals surface area (Å²) in [6, 6.07) is 6.70. The molecule has 0 saturated heterocycles. The first-order valence-corrected chi connectivity index (χ1v) is 7.14. The molecule has 1 unspecified atom stereocenters. The molecule has 2 rings (SSSR count). The van der Waals surface area contributed by atoms with Crippen molar-refractivity contribution in [2.75, 3.05) is 0 Å².